The number of fused-ring (bicyclic) bond motifs is 1. The number of H-pyrrole nitrogens is 1. The Labute approximate surface area is 111 Å². The third kappa shape index (κ3) is 2.45. The van der Waals surface area contributed by atoms with Crippen molar-refractivity contribution >= 4 is 11.1 Å². The molecule has 2 aromatic rings. The molecule has 4 heteroatoms. The van der Waals surface area contributed by atoms with Gasteiger partial charge in [0.2, 0.25) is 0 Å². The first-order chi connectivity index (χ1) is 9.13. The highest BCUT2D eigenvalue weighted by Crippen LogP contribution is 2.37. The number of rotatable bonds is 2. The molecule has 2 N–H and O–H groups in total. The summed E-state index contributed by atoms with van der Waals surface area (Å²) in [7, 11) is 0. The summed E-state index contributed by atoms with van der Waals surface area (Å²) in [6.07, 6.45) is 4.04. The minimum Gasteiger partial charge on any atom is -0.408 e. The lowest BCUT2D eigenvalue weighted by Gasteiger charge is -2.30. The number of benzene rings is 1. The minimum absolute atomic E-state index is 0.319. The van der Waals surface area contributed by atoms with Crippen LogP contribution in [0.4, 0.5) is 0 Å². The van der Waals surface area contributed by atoms with E-state index in [1.807, 2.05) is 6.07 Å². The van der Waals surface area contributed by atoms with Gasteiger partial charge in [-0.3, -0.25) is 4.98 Å². The van der Waals surface area contributed by atoms with Crippen molar-refractivity contribution in [3.8, 4) is 0 Å². The van der Waals surface area contributed by atoms with Crippen LogP contribution in [-0.2, 0) is 0 Å². The van der Waals surface area contributed by atoms with E-state index < -0.39 is 11.9 Å². The Balaban J connectivity index is 1.84. The Hall–Kier alpha value is -1.55. The number of aromatic nitrogens is 1. The van der Waals surface area contributed by atoms with Gasteiger partial charge in [0.15, 0.2) is 5.58 Å². The van der Waals surface area contributed by atoms with E-state index in [4.69, 9.17) is 4.42 Å². The van der Waals surface area contributed by atoms with Crippen molar-refractivity contribution in [2.75, 3.05) is 0 Å². The molecule has 0 amide bonds. The zero-order valence-corrected chi connectivity index (χ0v) is 11.1. The van der Waals surface area contributed by atoms with E-state index in [1.54, 1.807) is 12.1 Å². The second-order valence-corrected chi connectivity index (χ2v) is 5.73. The number of hydrogen-bond donors (Lipinski definition) is 2. The SMILES string of the molecule is CC1CCC(C(O)c2ccc3[nH]c(=O)oc3c2)CC1. The van der Waals surface area contributed by atoms with E-state index in [0.717, 1.165) is 24.3 Å². The maximum atomic E-state index is 11.1. The van der Waals surface area contributed by atoms with Crippen LogP contribution in [0.3, 0.4) is 0 Å². The average Bonchev–Trinajstić information content (AvgIpc) is 2.77. The van der Waals surface area contributed by atoms with Crippen LogP contribution in [0.25, 0.3) is 11.1 Å². The van der Waals surface area contributed by atoms with Gasteiger partial charge in [0, 0.05) is 0 Å². The van der Waals surface area contributed by atoms with Gasteiger partial charge in [-0.05, 0) is 42.4 Å². The minimum atomic E-state index is -0.461. The highest BCUT2D eigenvalue weighted by molar-refractivity contribution is 5.72. The van der Waals surface area contributed by atoms with Gasteiger partial charge in [-0.1, -0.05) is 25.8 Å². The zero-order chi connectivity index (χ0) is 13.4. The molecule has 1 heterocycles. The number of hydrogen-bond acceptors (Lipinski definition) is 3. The van der Waals surface area contributed by atoms with Gasteiger partial charge >= 0.3 is 5.76 Å². The molecular weight excluding hydrogens is 242 g/mol. The van der Waals surface area contributed by atoms with E-state index in [0.29, 0.717) is 17.0 Å². The van der Waals surface area contributed by atoms with Gasteiger partial charge < -0.3 is 9.52 Å². The normalized spacial score (nSPS) is 25.6. The summed E-state index contributed by atoms with van der Waals surface area (Å²) >= 11 is 0. The summed E-state index contributed by atoms with van der Waals surface area (Å²) < 4.78 is 5.04. The molecule has 102 valence electrons. The van der Waals surface area contributed by atoms with Crippen molar-refractivity contribution in [1.82, 2.24) is 4.98 Å². The van der Waals surface area contributed by atoms with E-state index in [2.05, 4.69) is 11.9 Å². The molecule has 1 fully saturated rings. The lowest BCUT2D eigenvalue weighted by Crippen LogP contribution is -2.19. The van der Waals surface area contributed by atoms with Crippen molar-refractivity contribution in [2.45, 2.75) is 38.7 Å². The summed E-state index contributed by atoms with van der Waals surface area (Å²) in [5.41, 5.74) is 2.04. The van der Waals surface area contributed by atoms with Crippen LogP contribution in [0.15, 0.2) is 27.4 Å². The van der Waals surface area contributed by atoms with Crippen LogP contribution in [0, 0.1) is 11.8 Å². The Kier molecular flexibility index (Phi) is 3.19. The highest BCUT2D eigenvalue weighted by atomic mass is 16.4. The van der Waals surface area contributed by atoms with E-state index in [1.165, 1.54) is 12.8 Å². The van der Waals surface area contributed by atoms with Crippen molar-refractivity contribution < 1.29 is 9.52 Å². The molecule has 0 aliphatic heterocycles. The van der Waals surface area contributed by atoms with Gasteiger partial charge in [-0.2, -0.15) is 0 Å². The summed E-state index contributed by atoms with van der Waals surface area (Å²) in [6, 6.07) is 5.44. The second kappa shape index (κ2) is 4.85. The first-order valence-corrected chi connectivity index (χ1v) is 6.94. The number of aliphatic hydroxyl groups excluding tert-OH is 1. The largest absolute Gasteiger partial charge is 0.417 e. The molecule has 19 heavy (non-hydrogen) atoms. The molecule has 0 spiro atoms. The summed E-state index contributed by atoms with van der Waals surface area (Å²) in [5, 5.41) is 10.5. The molecule has 3 rings (SSSR count). The van der Waals surface area contributed by atoms with Crippen LogP contribution >= 0.6 is 0 Å². The van der Waals surface area contributed by atoms with Gasteiger partial charge in [-0.25, -0.2) is 4.79 Å². The molecule has 1 aromatic carbocycles. The van der Waals surface area contributed by atoms with Crippen LogP contribution < -0.4 is 5.76 Å². The molecule has 1 aromatic heterocycles. The number of nitrogens with one attached hydrogen (secondary N) is 1. The third-order valence-electron chi connectivity index (χ3n) is 4.29. The van der Waals surface area contributed by atoms with Gasteiger partial charge in [0.05, 0.1) is 11.6 Å². The van der Waals surface area contributed by atoms with Crippen LogP contribution in [0.1, 0.15) is 44.3 Å². The van der Waals surface area contributed by atoms with Gasteiger partial charge in [-0.15, -0.1) is 0 Å². The Morgan fingerprint density at radius 1 is 1.32 bits per heavy atom. The summed E-state index contributed by atoms with van der Waals surface area (Å²) in [4.78, 5) is 13.7. The summed E-state index contributed by atoms with van der Waals surface area (Å²) in [6.45, 7) is 2.27. The molecular formula is C15H19NO3. The van der Waals surface area contributed by atoms with Gasteiger partial charge in [0.1, 0.15) is 0 Å². The maximum Gasteiger partial charge on any atom is 0.417 e. The predicted molar refractivity (Wildman–Crippen MR) is 72.9 cm³/mol. The quantitative estimate of drug-likeness (QED) is 0.873. The van der Waals surface area contributed by atoms with Crippen LogP contribution in [0.2, 0.25) is 0 Å². The maximum absolute atomic E-state index is 11.1. The Morgan fingerprint density at radius 3 is 2.79 bits per heavy atom. The van der Waals surface area contributed by atoms with Crippen molar-refractivity contribution in [1.29, 1.82) is 0 Å². The van der Waals surface area contributed by atoms with Crippen LogP contribution in [-0.4, -0.2) is 10.1 Å². The standard InChI is InChI=1S/C15H19NO3/c1-9-2-4-10(5-3-9)14(17)11-6-7-12-13(8-11)19-15(18)16-12/h6-10,14,17H,2-5H2,1H3,(H,16,18). The molecule has 0 radical (unpaired) electrons. The monoisotopic (exact) mass is 261 g/mol. The molecule has 1 aliphatic carbocycles. The lowest BCUT2D eigenvalue weighted by molar-refractivity contribution is 0.0756. The highest BCUT2D eigenvalue weighted by Gasteiger charge is 2.26. The fourth-order valence-corrected chi connectivity index (χ4v) is 3.02. The second-order valence-electron chi connectivity index (χ2n) is 5.73. The van der Waals surface area contributed by atoms with E-state index in [-0.39, 0.29) is 0 Å². The lowest BCUT2D eigenvalue weighted by atomic mass is 9.78. The number of aromatic amines is 1. The van der Waals surface area contributed by atoms with Crippen molar-refractivity contribution in [3.63, 3.8) is 0 Å². The molecule has 1 unspecified atom stereocenters. The molecule has 0 saturated heterocycles. The van der Waals surface area contributed by atoms with Crippen LogP contribution in [0.5, 0.6) is 0 Å². The van der Waals surface area contributed by atoms with E-state index >= 15 is 0 Å². The predicted octanol–water partition coefficient (Wildman–Crippen LogP) is 2.98. The molecule has 1 atom stereocenters. The number of oxazole rings is 1. The fraction of sp³-hybridized carbons (Fsp3) is 0.533. The third-order valence-corrected chi connectivity index (χ3v) is 4.29. The first-order valence-electron chi connectivity index (χ1n) is 6.94. The average molecular weight is 261 g/mol. The zero-order valence-electron chi connectivity index (χ0n) is 11.1. The van der Waals surface area contributed by atoms with Gasteiger partial charge in [0.25, 0.3) is 0 Å². The number of aliphatic hydroxyl groups is 1. The smallest absolute Gasteiger partial charge is 0.408 e. The summed E-state index contributed by atoms with van der Waals surface area (Å²) in [5.74, 6) is 0.640. The van der Waals surface area contributed by atoms with Crippen molar-refractivity contribution in [2.24, 2.45) is 11.8 Å². The molecule has 1 saturated carbocycles. The topological polar surface area (TPSA) is 66.2 Å². The molecule has 1 aliphatic rings. The molecule has 4 nitrogen and oxygen atoms in total. The van der Waals surface area contributed by atoms with Crippen molar-refractivity contribution in [3.05, 3.63) is 34.3 Å². The molecule has 0 bridgehead atoms. The Morgan fingerprint density at radius 2 is 2.05 bits per heavy atom. The van der Waals surface area contributed by atoms with E-state index in [9.17, 15) is 9.90 Å². The Bertz CT molecular complexity index is 620. The fourth-order valence-electron chi connectivity index (χ4n) is 3.02. The first kappa shape index (κ1) is 12.5.